The summed E-state index contributed by atoms with van der Waals surface area (Å²) < 4.78 is 0. The predicted molar refractivity (Wildman–Crippen MR) is 53.4 cm³/mol. The van der Waals surface area contributed by atoms with Gasteiger partial charge in [-0.2, -0.15) is 0 Å². The lowest BCUT2D eigenvalue weighted by Gasteiger charge is -2.00. The number of nitrogens with zero attached hydrogens (tertiary/aromatic N) is 3. The number of aliphatic imine (C=N–C) groups is 2. The van der Waals surface area contributed by atoms with Gasteiger partial charge in [0.05, 0.1) is 13.4 Å². The first-order valence-corrected chi connectivity index (χ1v) is 3.63. The van der Waals surface area contributed by atoms with Gasteiger partial charge in [-0.1, -0.05) is 0 Å². The molecule has 0 fully saturated rings. The van der Waals surface area contributed by atoms with Crippen LogP contribution in [0.2, 0.25) is 0 Å². The van der Waals surface area contributed by atoms with E-state index in [-0.39, 0.29) is 5.11 Å². The van der Waals surface area contributed by atoms with E-state index in [0.717, 1.165) is 0 Å². The van der Waals surface area contributed by atoms with Crippen LogP contribution >= 0.6 is 12.2 Å². The molecular formula is C6H12N4OS. The highest BCUT2D eigenvalue weighted by Crippen LogP contribution is 1.80. The van der Waals surface area contributed by atoms with Gasteiger partial charge < -0.3 is 4.90 Å². The monoisotopic (exact) mass is 188 g/mol. The zero-order chi connectivity index (χ0) is 9.40. The minimum Gasteiger partial charge on any atom is -0.369 e. The van der Waals surface area contributed by atoms with Crippen molar-refractivity contribution in [1.82, 2.24) is 10.4 Å². The van der Waals surface area contributed by atoms with Crippen molar-refractivity contribution in [2.45, 2.75) is 0 Å². The van der Waals surface area contributed by atoms with E-state index in [1.807, 2.05) is 14.1 Å². The van der Waals surface area contributed by atoms with Crippen molar-refractivity contribution < 1.29 is 4.84 Å². The van der Waals surface area contributed by atoms with Crippen LogP contribution in [-0.4, -0.2) is 43.9 Å². The zero-order valence-electron chi connectivity index (χ0n) is 7.31. The maximum atomic E-state index is 4.77. The van der Waals surface area contributed by atoms with E-state index < -0.39 is 0 Å². The molecule has 0 bridgehead atoms. The molecule has 0 aromatic rings. The molecular weight excluding hydrogens is 176 g/mol. The standard InChI is InChI=1S/C6H12N4OS/c1-10(2)5-8-6(12)7-4-9-11-3/h4-5H,1-3H3,(H,7,9,12). The number of rotatable bonds is 3. The average molecular weight is 188 g/mol. The molecule has 0 aromatic carbocycles. The first-order valence-electron chi connectivity index (χ1n) is 3.22. The molecule has 0 heterocycles. The lowest BCUT2D eigenvalue weighted by atomic mass is 10.9. The smallest absolute Gasteiger partial charge is 0.222 e. The third kappa shape index (κ3) is 7.10. The number of hydrogen-bond donors (Lipinski definition) is 1. The van der Waals surface area contributed by atoms with E-state index in [1.54, 1.807) is 11.2 Å². The van der Waals surface area contributed by atoms with E-state index in [2.05, 4.69) is 20.3 Å². The summed E-state index contributed by atoms with van der Waals surface area (Å²) in [7, 11) is 5.19. The molecule has 0 saturated carbocycles. The van der Waals surface area contributed by atoms with Gasteiger partial charge in [0.25, 0.3) is 0 Å². The lowest BCUT2D eigenvalue weighted by Crippen LogP contribution is -2.10. The van der Waals surface area contributed by atoms with E-state index in [0.29, 0.717) is 0 Å². The topological polar surface area (TPSA) is 49.2 Å². The molecule has 0 aliphatic carbocycles. The van der Waals surface area contributed by atoms with E-state index in [9.17, 15) is 0 Å². The minimum absolute atomic E-state index is 0.244. The zero-order valence-corrected chi connectivity index (χ0v) is 8.13. The summed E-state index contributed by atoms with van der Waals surface area (Å²) in [5, 5.41) is 0.244. The Bertz CT molecular complexity index is 190. The maximum Gasteiger partial charge on any atom is 0.222 e. The van der Waals surface area contributed by atoms with Crippen molar-refractivity contribution in [3.05, 3.63) is 0 Å². The molecule has 0 amide bonds. The molecule has 0 saturated heterocycles. The van der Waals surface area contributed by atoms with Crippen LogP contribution in [0.3, 0.4) is 0 Å². The number of hydrogen-bond acceptors (Lipinski definition) is 2. The van der Waals surface area contributed by atoms with Crippen LogP contribution in [0, 0.1) is 0 Å². The highest BCUT2D eigenvalue weighted by atomic mass is 32.1. The second-order valence-electron chi connectivity index (χ2n) is 2.07. The molecule has 0 rings (SSSR count). The van der Waals surface area contributed by atoms with Gasteiger partial charge in [-0.3, -0.25) is 10.3 Å². The van der Waals surface area contributed by atoms with Crippen LogP contribution in [0.25, 0.3) is 0 Å². The molecule has 0 atom stereocenters. The van der Waals surface area contributed by atoms with Gasteiger partial charge in [-0.25, -0.2) is 9.98 Å². The molecule has 1 N–H and O–H groups in total. The van der Waals surface area contributed by atoms with Crippen molar-refractivity contribution in [3.63, 3.8) is 0 Å². The fraction of sp³-hybridized carbons (Fsp3) is 0.500. The van der Waals surface area contributed by atoms with Gasteiger partial charge >= 0.3 is 0 Å². The summed E-state index contributed by atoms with van der Waals surface area (Å²) in [5.41, 5.74) is 2.40. The first-order chi connectivity index (χ1) is 5.66. The van der Waals surface area contributed by atoms with Gasteiger partial charge in [0.1, 0.15) is 6.34 Å². The van der Waals surface area contributed by atoms with Crippen molar-refractivity contribution in [3.8, 4) is 0 Å². The van der Waals surface area contributed by atoms with Crippen molar-refractivity contribution in [2.75, 3.05) is 21.2 Å². The van der Waals surface area contributed by atoms with Crippen LogP contribution in [0.15, 0.2) is 9.98 Å². The fourth-order valence-corrected chi connectivity index (χ4v) is 0.432. The SMILES string of the molecule is CON/C=N/C(=S)N=CN(C)C. The second kappa shape index (κ2) is 6.68. The van der Waals surface area contributed by atoms with Crippen LogP contribution in [-0.2, 0) is 4.84 Å². The van der Waals surface area contributed by atoms with Gasteiger partial charge in [-0.05, 0) is 12.2 Å². The third-order valence-corrected chi connectivity index (χ3v) is 0.955. The quantitative estimate of drug-likeness (QED) is 0.294. The number of nitrogens with one attached hydrogen (secondary N) is 1. The summed E-state index contributed by atoms with van der Waals surface area (Å²) in [6.07, 6.45) is 2.90. The van der Waals surface area contributed by atoms with Gasteiger partial charge in [-0.15, -0.1) is 0 Å². The Kier molecular flexibility index (Phi) is 6.12. The lowest BCUT2D eigenvalue weighted by molar-refractivity contribution is 0.148. The Hall–Kier alpha value is -1.01. The largest absolute Gasteiger partial charge is 0.369 e. The normalized spacial score (nSPS) is 10.9. The Morgan fingerprint density at radius 2 is 2.17 bits per heavy atom. The van der Waals surface area contributed by atoms with E-state index in [1.165, 1.54) is 13.4 Å². The van der Waals surface area contributed by atoms with Crippen molar-refractivity contribution in [2.24, 2.45) is 9.98 Å². The van der Waals surface area contributed by atoms with Crippen LogP contribution in [0.5, 0.6) is 0 Å². The van der Waals surface area contributed by atoms with Crippen LogP contribution in [0.4, 0.5) is 0 Å². The average Bonchev–Trinajstić information content (AvgIpc) is 2.01. The highest BCUT2D eigenvalue weighted by Gasteiger charge is 1.84. The van der Waals surface area contributed by atoms with Crippen molar-refractivity contribution in [1.29, 1.82) is 0 Å². The first kappa shape index (κ1) is 11.0. The summed E-state index contributed by atoms with van der Waals surface area (Å²) in [4.78, 5) is 13.8. The van der Waals surface area contributed by atoms with Gasteiger partial charge in [0, 0.05) is 14.1 Å². The Morgan fingerprint density at radius 1 is 1.50 bits per heavy atom. The summed E-state index contributed by atoms with van der Waals surface area (Å²) in [5.74, 6) is 0. The minimum atomic E-state index is 0.244. The number of thiocarbonyl (C=S) groups is 1. The Morgan fingerprint density at radius 3 is 2.67 bits per heavy atom. The molecule has 0 radical (unpaired) electrons. The third-order valence-electron chi connectivity index (χ3n) is 0.745. The van der Waals surface area contributed by atoms with E-state index >= 15 is 0 Å². The van der Waals surface area contributed by atoms with Crippen LogP contribution in [0.1, 0.15) is 0 Å². The summed E-state index contributed by atoms with van der Waals surface area (Å²) >= 11 is 4.77. The van der Waals surface area contributed by atoms with Gasteiger partial charge in [0.15, 0.2) is 0 Å². The summed E-state index contributed by atoms with van der Waals surface area (Å²) in [6, 6.07) is 0. The molecule has 0 unspecified atom stereocenters. The molecule has 6 heteroatoms. The van der Waals surface area contributed by atoms with E-state index in [4.69, 9.17) is 12.2 Å². The molecule has 0 aliphatic heterocycles. The summed E-state index contributed by atoms with van der Waals surface area (Å²) in [6.45, 7) is 0. The molecule has 12 heavy (non-hydrogen) atoms. The Labute approximate surface area is 77.1 Å². The second-order valence-corrected chi connectivity index (χ2v) is 2.44. The molecule has 0 spiro atoms. The Balaban J connectivity index is 3.73. The van der Waals surface area contributed by atoms with Crippen LogP contribution < -0.4 is 5.48 Å². The van der Waals surface area contributed by atoms with Gasteiger partial charge in [0.2, 0.25) is 5.11 Å². The maximum absolute atomic E-state index is 4.77. The number of hydroxylamine groups is 1. The fourth-order valence-electron chi connectivity index (χ4n) is 0.332. The molecule has 68 valence electrons. The predicted octanol–water partition coefficient (Wildman–Crippen LogP) is 0.0405. The van der Waals surface area contributed by atoms with Crippen molar-refractivity contribution >= 4 is 30.0 Å². The molecule has 5 nitrogen and oxygen atoms in total. The molecule has 0 aromatic heterocycles. The highest BCUT2D eigenvalue weighted by molar-refractivity contribution is 7.80. The molecule has 0 aliphatic rings.